The van der Waals surface area contributed by atoms with Gasteiger partial charge >= 0.3 is 0 Å². The normalized spacial score (nSPS) is 9.93. The summed E-state index contributed by atoms with van der Waals surface area (Å²) in [5.74, 6) is 0.266. The van der Waals surface area contributed by atoms with Crippen molar-refractivity contribution in [2.45, 2.75) is 12.8 Å². The molecule has 3 nitrogen and oxygen atoms in total. The lowest BCUT2D eigenvalue weighted by atomic mass is 10.1. The number of nitrogens with zero attached hydrogens (tertiary/aromatic N) is 2. The summed E-state index contributed by atoms with van der Waals surface area (Å²) >= 11 is 0. The number of hydrogen-bond donors (Lipinski definition) is 0. The summed E-state index contributed by atoms with van der Waals surface area (Å²) in [6.45, 7) is 0. The molecule has 1 aromatic rings. The van der Waals surface area contributed by atoms with E-state index in [1.54, 1.807) is 6.07 Å². The van der Waals surface area contributed by atoms with Crippen LogP contribution in [-0.4, -0.2) is 12.1 Å². The number of rotatable bonds is 3. The van der Waals surface area contributed by atoms with Gasteiger partial charge in [-0.25, -0.2) is 8.78 Å². The first-order valence-corrected chi connectivity index (χ1v) is 3.87. The van der Waals surface area contributed by atoms with Crippen LogP contribution in [0.4, 0.5) is 8.78 Å². The van der Waals surface area contributed by atoms with Gasteiger partial charge in [0.15, 0.2) is 0 Å². The minimum Gasteiger partial charge on any atom is -0.495 e. The van der Waals surface area contributed by atoms with Crippen LogP contribution in [0.5, 0.6) is 5.75 Å². The van der Waals surface area contributed by atoms with Crippen molar-refractivity contribution in [3.05, 3.63) is 23.5 Å². The topological polar surface area (TPSA) is 45.9 Å². The van der Waals surface area contributed by atoms with Crippen LogP contribution in [0.1, 0.15) is 17.7 Å². The third-order valence-corrected chi connectivity index (χ3v) is 1.70. The van der Waals surface area contributed by atoms with Gasteiger partial charge in [0.1, 0.15) is 5.75 Å². The summed E-state index contributed by atoms with van der Waals surface area (Å²) in [4.78, 5) is 3.73. The van der Waals surface area contributed by atoms with Crippen molar-refractivity contribution in [2.75, 3.05) is 7.11 Å². The Morgan fingerprint density at radius 2 is 2.36 bits per heavy atom. The van der Waals surface area contributed by atoms with E-state index in [1.807, 2.05) is 0 Å². The standard InChI is InChI=1S/C9H8F2N2O/c1-14-6-4-7(9(10)11)8(2-3-12)13-5-6/h4-5,9H,2H2,1H3. The number of nitriles is 1. The zero-order chi connectivity index (χ0) is 10.6. The molecule has 0 aliphatic carbocycles. The highest BCUT2D eigenvalue weighted by Crippen LogP contribution is 2.25. The third kappa shape index (κ3) is 2.16. The molecule has 0 amide bonds. The molecule has 0 bridgehead atoms. The van der Waals surface area contributed by atoms with E-state index < -0.39 is 6.43 Å². The Hall–Kier alpha value is -1.70. The van der Waals surface area contributed by atoms with Crippen molar-refractivity contribution in [1.82, 2.24) is 4.98 Å². The molecule has 5 heteroatoms. The van der Waals surface area contributed by atoms with Gasteiger partial charge in [-0.2, -0.15) is 5.26 Å². The highest BCUT2D eigenvalue weighted by atomic mass is 19.3. The van der Waals surface area contributed by atoms with E-state index >= 15 is 0 Å². The van der Waals surface area contributed by atoms with E-state index in [2.05, 4.69) is 4.98 Å². The van der Waals surface area contributed by atoms with Crippen LogP contribution in [0.2, 0.25) is 0 Å². The lowest BCUT2D eigenvalue weighted by Gasteiger charge is -2.06. The van der Waals surface area contributed by atoms with Gasteiger partial charge < -0.3 is 4.74 Å². The first-order chi connectivity index (χ1) is 6.69. The molecular weight excluding hydrogens is 190 g/mol. The molecule has 14 heavy (non-hydrogen) atoms. The van der Waals surface area contributed by atoms with E-state index in [1.165, 1.54) is 19.4 Å². The van der Waals surface area contributed by atoms with Gasteiger partial charge in [0.25, 0.3) is 6.43 Å². The highest BCUT2D eigenvalue weighted by molar-refractivity contribution is 5.31. The molecule has 0 aromatic carbocycles. The van der Waals surface area contributed by atoms with Gasteiger partial charge in [-0.05, 0) is 6.07 Å². The molecule has 1 heterocycles. The summed E-state index contributed by atoms with van der Waals surface area (Å²) in [5.41, 5.74) is -0.144. The Labute approximate surface area is 79.9 Å². The second kappa shape index (κ2) is 4.51. The van der Waals surface area contributed by atoms with E-state index in [4.69, 9.17) is 10.00 Å². The van der Waals surface area contributed by atoms with E-state index in [-0.39, 0.29) is 23.4 Å². The predicted molar refractivity (Wildman–Crippen MR) is 45.1 cm³/mol. The Morgan fingerprint density at radius 3 is 2.86 bits per heavy atom. The van der Waals surface area contributed by atoms with Crippen molar-refractivity contribution in [1.29, 1.82) is 5.26 Å². The summed E-state index contributed by atoms with van der Waals surface area (Å²) in [5, 5.41) is 8.39. The average molecular weight is 198 g/mol. The summed E-state index contributed by atoms with van der Waals surface area (Å²) in [6, 6.07) is 2.98. The first-order valence-electron chi connectivity index (χ1n) is 3.87. The number of ether oxygens (including phenoxy) is 1. The Kier molecular flexibility index (Phi) is 3.35. The minimum absolute atomic E-state index is 0.100. The van der Waals surface area contributed by atoms with Crippen LogP contribution in [-0.2, 0) is 6.42 Å². The lowest BCUT2D eigenvalue weighted by molar-refractivity contribution is 0.149. The van der Waals surface area contributed by atoms with Gasteiger partial charge in [0, 0.05) is 5.56 Å². The van der Waals surface area contributed by atoms with Gasteiger partial charge in [0.05, 0.1) is 31.5 Å². The van der Waals surface area contributed by atoms with Crippen LogP contribution >= 0.6 is 0 Å². The van der Waals surface area contributed by atoms with Gasteiger partial charge in [-0.3, -0.25) is 4.98 Å². The molecule has 0 N–H and O–H groups in total. The number of pyridine rings is 1. The van der Waals surface area contributed by atoms with E-state index in [9.17, 15) is 8.78 Å². The molecule has 0 spiro atoms. The monoisotopic (exact) mass is 198 g/mol. The average Bonchev–Trinajstić information content (AvgIpc) is 2.18. The van der Waals surface area contributed by atoms with Crippen LogP contribution < -0.4 is 4.74 Å². The first kappa shape index (κ1) is 10.4. The molecule has 0 saturated heterocycles. The molecule has 1 rings (SSSR count). The maximum Gasteiger partial charge on any atom is 0.265 e. The molecular formula is C9H8F2N2O. The number of methoxy groups -OCH3 is 1. The maximum atomic E-state index is 12.5. The predicted octanol–water partition coefficient (Wildman–Crippen LogP) is 2.09. The fourth-order valence-corrected chi connectivity index (χ4v) is 1.01. The largest absolute Gasteiger partial charge is 0.495 e. The Bertz CT molecular complexity index is 360. The smallest absolute Gasteiger partial charge is 0.265 e. The van der Waals surface area contributed by atoms with Crippen molar-refractivity contribution in [3.63, 3.8) is 0 Å². The molecule has 74 valence electrons. The van der Waals surface area contributed by atoms with Crippen LogP contribution in [0.3, 0.4) is 0 Å². The zero-order valence-electron chi connectivity index (χ0n) is 7.50. The number of hydrogen-bond acceptors (Lipinski definition) is 3. The number of aromatic nitrogens is 1. The second-order valence-corrected chi connectivity index (χ2v) is 2.55. The Morgan fingerprint density at radius 1 is 1.64 bits per heavy atom. The molecule has 0 atom stereocenters. The van der Waals surface area contributed by atoms with Crippen molar-refractivity contribution in [3.8, 4) is 11.8 Å². The molecule has 0 aliphatic rings. The molecule has 0 unspecified atom stereocenters. The van der Waals surface area contributed by atoms with E-state index in [0.29, 0.717) is 0 Å². The van der Waals surface area contributed by atoms with Crippen molar-refractivity contribution in [2.24, 2.45) is 0 Å². The molecule has 0 fully saturated rings. The van der Waals surface area contributed by atoms with Crippen LogP contribution in [0.25, 0.3) is 0 Å². The SMILES string of the molecule is COc1cnc(CC#N)c(C(F)F)c1. The van der Waals surface area contributed by atoms with Gasteiger partial charge in [-0.15, -0.1) is 0 Å². The summed E-state index contributed by atoms with van der Waals surface area (Å²) in [7, 11) is 1.37. The molecule has 0 saturated carbocycles. The molecule has 0 aliphatic heterocycles. The van der Waals surface area contributed by atoms with E-state index in [0.717, 1.165) is 0 Å². The minimum atomic E-state index is -2.64. The number of alkyl halides is 2. The highest BCUT2D eigenvalue weighted by Gasteiger charge is 2.14. The summed E-state index contributed by atoms with van der Waals surface area (Å²) in [6.07, 6.45) is -1.44. The fourth-order valence-electron chi connectivity index (χ4n) is 1.01. The van der Waals surface area contributed by atoms with Crippen molar-refractivity contribution >= 4 is 0 Å². The lowest BCUT2D eigenvalue weighted by Crippen LogP contribution is -1.98. The quantitative estimate of drug-likeness (QED) is 0.747. The van der Waals surface area contributed by atoms with Crippen LogP contribution in [0, 0.1) is 11.3 Å². The molecule has 0 radical (unpaired) electrons. The zero-order valence-corrected chi connectivity index (χ0v) is 7.50. The maximum absolute atomic E-state index is 12.5. The fraction of sp³-hybridized carbons (Fsp3) is 0.333. The Balaban J connectivity index is 3.11. The second-order valence-electron chi connectivity index (χ2n) is 2.55. The van der Waals surface area contributed by atoms with Gasteiger partial charge in [0.2, 0.25) is 0 Å². The summed E-state index contributed by atoms with van der Waals surface area (Å²) < 4.78 is 29.7. The van der Waals surface area contributed by atoms with Crippen molar-refractivity contribution < 1.29 is 13.5 Å². The van der Waals surface area contributed by atoms with Gasteiger partial charge in [-0.1, -0.05) is 0 Å². The number of halogens is 2. The van der Waals surface area contributed by atoms with Crippen LogP contribution in [0.15, 0.2) is 12.3 Å². The molecule has 1 aromatic heterocycles. The third-order valence-electron chi connectivity index (χ3n) is 1.70.